The summed E-state index contributed by atoms with van der Waals surface area (Å²) in [6.07, 6.45) is 0.845. The number of hydrogen-bond donors (Lipinski definition) is 0. The first-order valence-electron chi connectivity index (χ1n) is 8.66. The van der Waals surface area contributed by atoms with E-state index in [0.717, 1.165) is 23.5 Å². The molecule has 0 aliphatic carbocycles. The van der Waals surface area contributed by atoms with Gasteiger partial charge in [-0.25, -0.2) is 0 Å². The molecule has 5 heteroatoms. The molecule has 0 N–H and O–H groups in total. The van der Waals surface area contributed by atoms with Gasteiger partial charge in [0, 0.05) is 30.1 Å². The SMILES string of the molecule is COc1ccc(OC)c([C@@H]2CCN(C(=O)c3ccccc3C(C)=O)C2)c1. The molecule has 0 bridgehead atoms. The van der Waals surface area contributed by atoms with Gasteiger partial charge in [-0.1, -0.05) is 18.2 Å². The minimum atomic E-state index is -0.0980. The van der Waals surface area contributed by atoms with Crippen molar-refractivity contribution in [1.29, 1.82) is 0 Å². The summed E-state index contributed by atoms with van der Waals surface area (Å²) in [5.41, 5.74) is 1.99. The van der Waals surface area contributed by atoms with Crippen LogP contribution in [0.3, 0.4) is 0 Å². The molecular formula is C21H23NO4. The molecule has 0 saturated carbocycles. The zero-order valence-corrected chi connectivity index (χ0v) is 15.3. The Morgan fingerprint density at radius 1 is 1.04 bits per heavy atom. The molecule has 136 valence electrons. The molecule has 1 heterocycles. The molecule has 5 nitrogen and oxygen atoms in total. The maximum absolute atomic E-state index is 12.9. The molecule has 2 aromatic rings. The summed E-state index contributed by atoms with van der Waals surface area (Å²) in [4.78, 5) is 26.6. The van der Waals surface area contributed by atoms with Gasteiger partial charge in [0.15, 0.2) is 5.78 Å². The minimum absolute atomic E-state index is 0.0971. The Kier molecular flexibility index (Phi) is 5.26. The van der Waals surface area contributed by atoms with Crippen molar-refractivity contribution >= 4 is 11.7 Å². The number of carbonyl (C=O) groups is 2. The number of methoxy groups -OCH3 is 2. The lowest BCUT2D eigenvalue weighted by Gasteiger charge is -2.19. The third-order valence-electron chi connectivity index (χ3n) is 4.89. The monoisotopic (exact) mass is 353 g/mol. The van der Waals surface area contributed by atoms with E-state index in [4.69, 9.17) is 9.47 Å². The van der Waals surface area contributed by atoms with Crippen molar-refractivity contribution in [3.8, 4) is 11.5 Å². The molecule has 1 fully saturated rings. The normalized spacial score (nSPS) is 16.4. The highest BCUT2D eigenvalue weighted by Gasteiger charge is 2.31. The van der Waals surface area contributed by atoms with Crippen LogP contribution < -0.4 is 9.47 Å². The fraction of sp³-hybridized carbons (Fsp3) is 0.333. The van der Waals surface area contributed by atoms with Gasteiger partial charge in [0.05, 0.1) is 19.8 Å². The van der Waals surface area contributed by atoms with Crippen LogP contribution >= 0.6 is 0 Å². The average molecular weight is 353 g/mol. The fourth-order valence-corrected chi connectivity index (χ4v) is 3.50. The molecule has 26 heavy (non-hydrogen) atoms. The van der Waals surface area contributed by atoms with Gasteiger partial charge in [0.25, 0.3) is 5.91 Å². The lowest BCUT2D eigenvalue weighted by molar-refractivity contribution is 0.0785. The number of ketones is 1. The van der Waals surface area contributed by atoms with Gasteiger partial charge in [-0.05, 0) is 37.6 Å². The highest BCUT2D eigenvalue weighted by molar-refractivity contribution is 6.07. The molecule has 1 atom stereocenters. The summed E-state index contributed by atoms with van der Waals surface area (Å²) in [6, 6.07) is 12.7. The van der Waals surface area contributed by atoms with E-state index < -0.39 is 0 Å². The van der Waals surface area contributed by atoms with E-state index >= 15 is 0 Å². The standard InChI is InChI=1S/C21H23NO4/c1-14(23)17-6-4-5-7-18(17)21(24)22-11-10-15(13-22)19-12-16(25-2)8-9-20(19)26-3/h4-9,12,15H,10-11,13H2,1-3H3/t15-/m1/s1. The van der Waals surface area contributed by atoms with Crippen LogP contribution in [-0.4, -0.2) is 43.9 Å². The molecule has 2 aromatic carbocycles. The van der Waals surface area contributed by atoms with Gasteiger partial charge in [0.2, 0.25) is 0 Å². The quantitative estimate of drug-likeness (QED) is 0.772. The first-order chi connectivity index (χ1) is 12.5. The summed E-state index contributed by atoms with van der Waals surface area (Å²) in [5.74, 6) is 1.55. The summed E-state index contributed by atoms with van der Waals surface area (Å²) in [7, 11) is 3.28. The Bertz CT molecular complexity index is 831. The van der Waals surface area contributed by atoms with Crippen molar-refractivity contribution in [3.63, 3.8) is 0 Å². The Morgan fingerprint density at radius 2 is 1.77 bits per heavy atom. The van der Waals surface area contributed by atoms with E-state index in [1.54, 1.807) is 38.5 Å². The molecule has 1 saturated heterocycles. The number of carbonyl (C=O) groups excluding carboxylic acids is 2. The van der Waals surface area contributed by atoms with E-state index in [1.165, 1.54) is 6.92 Å². The molecular weight excluding hydrogens is 330 g/mol. The largest absolute Gasteiger partial charge is 0.497 e. The lowest BCUT2D eigenvalue weighted by Crippen LogP contribution is -2.29. The second kappa shape index (κ2) is 7.60. The van der Waals surface area contributed by atoms with Crippen LogP contribution in [0.1, 0.15) is 45.5 Å². The second-order valence-corrected chi connectivity index (χ2v) is 6.45. The number of Topliss-reactive ketones (excluding diaryl/α,β-unsaturated/α-hetero) is 1. The summed E-state index contributed by atoms with van der Waals surface area (Å²) in [6.45, 7) is 2.73. The molecule has 0 aromatic heterocycles. The maximum Gasteiger partial charge on any atom is 0.254 e. The zero-order valence-electron chi connectivity index (χ0n) is 15.3. The molecule has 1 aliphatic heterocycles. The Hall–Kier alpha value is -2.82. The lowest BCUT2D eigenvalue weighted by atomic mass is 9.97. The topological polar surface area (TPSA) is 55.8 Å². The second-order valence-electron chi connectivity index (χ2n) is 6.45. The van der Waals surface area contributed by atoms with Gasteiger partial charge in [-0.15, -0.1) is 0 Å². The average Bonchev–Trinajstić information content (AvgIpc) is 3.16. The van der Waals surface area contributed by atoms with Crippen molar-refractivity contribution in [1.82, 2.24) is 4.90 Å². The van der Waals surface area contributed by atoms with Crippen molar-refractivity contribution in [2.45, 2.75) is 19.3 Å². The van der Waals surface area contributed by atoms with Crippen LogP contribution in [0.4, 0.5) is 0 Å². The molecule has 3 rings (SSSR count). The number of ether oxygens (including phenoxy) is 2. The van der Waals surface area contributed by atoms with Gasteiger partial charge in [0.1, 0.15) is 11.5 Å². The Labute approximate surface area is 153 Å². The van der Waals surface area contributed by atoms with Crippen molar-refractivity contribution in [2.24, 2.45) is 0 Å². The molecule has 0 radical (unpaired) electrons. The number of amides is 1. The van der Waals surface area contributed by atoms with E-state index in [-0.39, 0.29) is 17.6 Å². The zero-order chi connectivity index (χ0) is 18.7. The Morgan fingerprint density at radius 3 is 2.42 bits per heavy atom. The van der Waals surface area contributed by atoms with Gasteiger partial charge >= 0.3 is 0 Å². The third kappa shape index (κ3) is 3.43. The molecule has 0 spiro atoms. The van der Waals surface area contributed by atoms with E-state index in [9.17, 15) is 9.59 Å². The molecule has 1 aliphatic rings. The molecule has 1 amide bonds. The fourth-order valence-electron chi connectivity index (χ4n) is 3.50. The predicted molar refractivity (Wildman–Crippen MR) is 99.3 cm³/mol. The highest BCUT2D eigenvalue weighted by atomic mass is 16.5. The van der Waals surface area contributed by atoms with Gasteiger partial charge in [-0.2, -0.15) is 0 Å². The number of nitrogens with zero attached hydrogens (tertiary/aromatic N) is 1. The van der Waals surface area contributed by atoms with Gasteiger partial charge < -0.3 is 14.4 Å². The molecule has 0 unspecified atom stereocenters. The van der Waals surface area contributed by atoms with Crippen molar-refractivity contribution in [3.05, 3.63) is 59.2 Å². The predicted octanol–water partition coefficient (Wildman–Crippen LogP) is 3.54. The third-order valence-corrected chi connectivity index (χ3v) is 4.89. The summed E-state index contributed by atoms with van der Waals surface area (Å²) in [5, 5.41) is 0. The first-order valence-corrected chi connectivity index (χ1v) is 8.66. The number of rotatable bonds is 5. The van der Waals surface area contributed by atoms with Gasteiger partial charge in [-0.3, -0.25) is 9.59 Å². The van der Waals surface area contributed by atoms with Crippen LogP contribution in [0.15, 0.2) is 42.5 Å². The maximum atomic E-state index is 12.9. The van der Waals surface area contributed by atoms with Crippen molar-refractivity contribution in [2.75, 3.05) is 27.3 Å². The smallest absolute Gasteiger partial charge is 0.254 e. The van der Waals surface area contributed by atoms with Crippen LogP contribution in [0, 0.1) is 0 Å². The van der Waals surface area contributed by atoms with E-state index in [0.29, 0.717) is 24.2 Å². The van der Waals surface area contributed by atoms with Crippen LogP contribution in [-0.2, 0) is 0 Å². The Balaban J connectivity index is 1.83. The minimum Gasteiger partial charge on any atom is -0.497 e. The van der Waals surface area contributed by atoms with Crippen molar-refractivity contribution < 1.29 is 19.1 Å². The summed E-state index contributed by atoms with van der Waals surface area (Å²) < 4.78 is 10.8. The summed E-state index contributed by atoms with van der Waals surface area (Å²) >= 11 is 0. The highest BCUT2D eigenvalue weighted by Crippen LogP contribution is 2.36. The number of hydrogen-bond acceptors (Lipinski definition) is 4. The number of benzene rings is 2. The van der Waals surface area contributed by atoms with Crippen LogP contribution in [0.5, 0.6) is 11.5 Å². The van der Waals surface area contributed by atoms with Crippen LogP contribution in [0.2, 0.25) is 0 Å². The first kappa shape index (κ1) is 18.0. The van der Waals surface area contributed by atoms with E-state index in [2.05, 4.69) is 0 Å². The number of likely N-dealkylation sites (tertiary alicyclic amines) is 1. The van der Waals surface area contributed by atoms with E-state index in [1.807, 2.05) is 23.1 Å². The van der Waals surface area contributed by atoms with Crippen LogP contribution in [0.25, 0.3) is 0 Å².